The molecule has 0 aliphatic rings. The zero-order valence-corrected chi connectivity index (χ0v) is 9.56. The molecule has 0 amide bonds. The molecule has 76 valence electrons. The van der Waals surface area contributed by atoms with Gasteiger partial charge in [-0.05, 0) is 30.2 Å². The van der Waals surface area contributed by atoms with Gasteiger partial charge in [0.05, 0.1) is 0 Å². The standard InChI is InChI=1S/C10H11ClO2S/c1-8(7-14(2,12)13)9-3-5-10(11)6-4-9/h3-7H,1-2H3/b8-7+. The first-order valence-corrected chi connectivity index (χ1v) is 6.36. The molecule has 0 N–H and O–H groups in total. The number of hydrogen-bond acceptors (Lipinski definition) is 2. The molecular weight excluding hydrogens is 220 g/mol. The highest BCUT2D eigenvalue weighted by atomic mass is 35.5. The molecule has 0 unspecified atom stereocenters. The third-order valence-electron chi connectivity index (χ3n) is 1.69. The summed E-state index contributed by atoms with van der Waals surface area (Å²) in [6, 6.07) is 7.05. The summed E-state index contributed by atoms with van der Waals surface area (Å²) in [4.78, 5) is 0. The maximum Gasteiger partial charge on any atom is 0.169 e. The Morgan fingerprint density at radius 3 is 2.21 bits per heavy atom. The zero-order chi connectivity index (χ0) is 10.8. The molecule has 4 heteroatoms. The molecule has 0 aliphatic heterocycles. The van der Waals surface area contributed by atoms with Gasteiger partial charge in [-0.2, -0.15) is 0 Å². The molecule has 0 saturated heterocycles. The lowest BCUT2D eigenvalue weighted by molar-refractivity contribution is 0.610. The molecule has 0 atom stereocenters. The van der Waals surface area contributed by atoms with Crippen molar-refractivity contribution in [2.45, 2.75) is 6.92 Å². The van der Waals surface area contributed by atoms with Crippen molar-refractivity contribution in [2.75, 3.05) is 6.26 Å². The molecule has 2 nitrogen and oxygen atoms in total. The third kappa shape index (κ3) is 3.52. The molecule has 1 rings (SSSR count). The summed E-state index contributed by atoms with van der Waals surface area (Å²) in [5.74, 6) is 0. The van der Waals surface area contributed by atoms with E-state index in [9.17, 15) is 8.42 Å². The first kappa shape index (κ1) is 11.3. The van der Waals surface area contributed by atoms with Crippen LogP contribution in [0.4, 0.5) is 0 Å². The van der Waals surface area contributed by atoms with Crippen molar-refractivity contribution >= 4 is 27.0 Å². The molecule has 0 radical (unpaired) electrons. The summed E-state index contributed by atoms with van der Waals surface area (Å²) in [6.07, 6.45) is 1.17. The fourth-order valence-corrected chi connectivity index (χ4v) is 2.01. The second kappa shape index (κ2) is 4.15. The second-order valence-electron chi connectivity index (χ2n) is 3.14. The van der Waals surface area contributed by atoms with E-state index in [4.69, 9.17) is 11.6 Å². The van der Waals surface area contributed by atoms with E-state index in [-0.39, 0.29) is 0 Å². The fraction of sp³-hybridized carbons (Fsp3) is 0.200. The number of allylic oxidation sites excluding steroid dienone is 1. The highest BCUT2D eigenvalue weighted by Crippen LogP contribution is 2.17. The highest BCUT2D eigenvalue weighted by molar-refractivity contribution is 7.93. The van der Waals surface area contributed by atoms with Gasteiger partial charge in [-0.25, -0.2) is 8.42 Å². The van der Waals surface area contributed by atoms with Crippen LogP contribution in [0, 0.1) is 0 Å². The van der Waals surface area contributed by atoms with Crippen LogP contribution in [0.3, 0.4) is 0 Å². The minimum absolute atomic E-state index is 0.640. The first-order chi connectivity index (χ1) is 6.38. The quantitative estimate of drug-likeness (QED) is 0.783. The van der Waals surface area contributed by atoms with E-state index in [0.717, 1.165) is 5.56 Å². The highest BCUT2D eigenvalue weighted by Gasteiger charge is 2.00. The van der Waals surface area contributed by atoms with Crippen molar-refractivity contribution in [1.82, 2.24) is 0 Å². The van der Waals surface area contributed by atoms with Crippen LogP contribution in [0.2, 0.25) is 5.02 Å². The van der Waals surface area contributed by atoms with Crippen molar-refractivity contribution < 1.29 is 8.42 Å². The van der Waals surface area contributed by atoms with Crippen LogP contribution in [-0.2, 0) is 9.84 Å². The molecule has 0 fully saturated rings. The number of halogens is 1. The van der Waals surface area contributed by atoms with Crippen LogP contribution in [0.5, 0.6) is 0 Å². The van der Waals surface area contributed by atoms with E-state index in [2.05, 4.69) is 0 Å². The monoisotopic (exact) mass is 230 g/mol. The molecule has 0 aromatic heterocycles. The van der Waals surface area contributed by atoms with E-state index in [1.54, 1.807) is 31.2 Å². The molecule has 14 heavy (non-hydrogen) atoms. The summed E-state index contributed by atoms with van der Waals surface area (Å²) in [5, 5.41) is 1.89. The van der Waals surface area contributed by atoms with Crippen molar-refractivity contribution in [2.24, 2.45) is 0 Å². The van der Waals surface area contributed by atoms with Gasteiger partial charge < -0.3 is 0 Å². The smallest absolute Gasteiger partial charge is 0.169 e. The Morgan fingerprint density at radius 2 is 1.79 bits per heavy atom. The number of hydrogen-bond donors (Lipinski definition) is 0. The molecular formula is C10H11ClO2S. The Labute approximate surface area is 89.1 Å². The van der Waals surface area contributed by atoms with Gasteiger partial charge in [0.25, 0.3) is 0 Å². The van der Waals surface area contributed by atoms with Crippen molar-refractivity contribution in [3.63, 3.8) is 0 Å². The summed E-state index contributed by atoms with van der Waals surface area (Å²) in [7, 11) is -3.08. The number of sulfone groups is 1. The van der Waals surface area contributed by atoms with Gasteiger partial charge in [0.15, 0.2) is 9.84 Å². The summed E-state index contributed by atoms with van der Waals surface area (Å²) in [6.45, 7) is 1.75. The van der Waals surface area contributed by atoms with E-state index in [1.165, 1.54) is 11.7 Å². The third-order valence-corrected chi connectivity index (χ3v) is 2.72. The Morgan fingerprint density at radius 1 is 1.29 bits per heavy atom. The van der Waals surface area contributed by atoms with Crippen LogP contribution >= 0.6 is 11.6 Å². The Bertz CT molecular complexity index is 444. The maximum atomic E-state index is 11.0. The van der Waals surface area contributed by atoms with Gasteiger partial charge in [0.2, 0.25) is 0 Å². The molecule has 0 aliphatic carbocycles. The predicted octanol–water partition coefficient (Wildman–Crippen LogP) is 2.75. The van der Waals surface area contributed by atoms with Crippen LogP contribution in [0.1, 0.15) is 12.5 Å². The van der Waals surface area contributed by atoms with Crippen LogP contribution in [0.25, 0.3) is 5.57 Å². The molecule has 1 aromatic carbocycles. The van der Waals surface area contributed by atoms with Crippen molar-refractivity contribution in [1.29, 1.82) is 0 Å². The van der Waals surface area contributed by atoms with Gasteiger partial charge in [0.1, 0.15) is 0 Å². The van der Waals surface area contributed by atoms with Gasteiger partial charge >= 0.3 is 0 Å². The molecule has 0 heterocycles. The average Bonchev–Trinajstić information content (AvgIpc) is 2.02. The van der Waals surface area contributed by atoms with E-state index >= 15 is 0 Å². The largest absolute Gasteiger partial charge is 0.225 e. The Balaban J connectivity index is 3.07. The number of rotatable bonds is 2. The van der Waals surface area contributed by atoms with E-state index < -0.39 is 9.84 Å². The Kier molecular flexibility index (Phi) is 3.34. The molecule has 0 bridgehead atoms. The zero-order valence-electron chi connectivity index (χ0n) is 7.99. The van der Waals surface area contributed by atoms with Crippen LogP contribution in [-0.4, -0.2) is 14.7 Å². The predicted molar refractivity (Wildman–Crippen MR) is 59.9 cm³/mol. The van der Waals surface area contributed by atoms with Gasteiger partial charge in [-0.15, -0.1) is 0 Å². The fourth-order valence-electron chi connectivity index (χ4n) is 1.10. The molecule has 0 spiro atoms. The van der Waals surface area contributed by atoms with Crippen molar-refractivity contribution in [3.05, 3.63) is 40.3 Å². The van der Waals surface area contributed by atoms with Gasteiger partial charge in [-0.3, -0.25) is 0 Å². The summed E-state index contributed by atoms with van der Waals surface area (Å²) >= 11 is 5.71. The topological polar surface area (TPSA) is 34.1 Å². The van der Waals surface area contributed by atoms with E-state index in [1.807, 2.05) is 0 Å². The minimum atomic E-state index is -3.08. The lowest BCUT2D eigenvalue weighted by atomic mass is 10.1. The minimum Gasteiger partial charge on any atom is -0.225 e. The van der Waals surface area contributed by atoms with Gasteiger partial charge in [0, 0.05) is 16.7 Å². The maximum absolute atomic E-state index is 11.0. The summed E-state index contributed by atoms with van der Waals surface area (Å²) < 4.78 is 22.0. The lowest BCUT2D eigenvalue weighted by Crippen LogP contribution is -1.91. The number of benzene rings is 1. The molecule has 0 saturated carbocycles. The molecule has 1 aromatic rings. The Hall–Kier alpha value is -0.800. The second-order valence-corrected chi connectivity index (χ2v) is 5.47. The average molecular weight is 231 g/mol. The van der Waals surface area contributed by atoms with Crippen LogP contribution in [0.15, 0.2) is 29.7 Å². The van der Waals surface area contributed by atoms with Crippen LogP contribution < -0.4 is 0 Å². The van der Waals surface area contributed by atoms with Crippen molar-refractivity contribution in [3.8, 4) is 0 Å². The normalized spacial score (nSPS) is 12.9. The van der Waals surface area contributed by atoms with E-state index in [0.29, 0.717) is 10.6 Å². The summed E-state index contributed by atoms with van der Waals surface area (Å²) in [5.41, 5.74) is 1.57. The van der Waals surface area contributed by atoms with Gasteiger partial charge in [-0.1, -0.05) is 23.7 Å². The lowest BCUT2D eigenvalue weighted by Gasteiger charge is -2.00. The first-order valence-electron chi connectivity index (χ1n) is 4.03. The SMILES string of the molecule is C/C(=C\S(C)(=O)=O)c1ccc(Cl)cc1.